The van der Waals surface area contributed by atoms with E-state index in [1.807, 2.05) is 12.1 Å². The van der Waals surface area contributed by atoms with Gasteiger partial charge in [-0.25, -0.2) is 9.97 Å². The molecular formula is C13H12ClN3. The number of benzene rings is 1. The SMILES string of the molecule is Clc1cc(-c2ccncn2)cc2c1NCCC2. The zero-order chi connectivity index (χ0) is 11.7. The first-order valence-electron chi connectivity index (χ1n) is 5.67. The molecule has 2 aromatic rings. The molecule has 86 valence electrons. The van der Waals surface area contributed by atoms with Gasteiger partial charge < -0.3 is 5.32 Å². The molecule has 0 fully saturated rings. The molecule has 0 unspecified atom stereocenters. The topological polar surface area (TPSA) is 37.8 Å². The quantitative estimate of drug-likeness (QED) is 0.839. The summed E-state index contributed by atoms with van der Waals surface area (Å²) < 4.78 is 0. The number of aryl methyl sites for hydroxylation is 1. The van der Waals surface area contributed by atoms with Gasteiger partial charge in [-0.2, -0.15) is 0 Å². The van der Waals surface area contributed by atoms with E-state index in [1.165, 1.54) is 5.56 Å². The van der Waals surface area contributed by atoms with Crippen LogP contribution in [0.25, 0.3) is 11.3 Å². The molecule has 1 aliphatic heterocycles. The summed E-state index contributed by atoms with van der Waals surface area (Å²) >= 11 is 6.29. The number of nitrogens with zero attached hydrogens (tertiary/aromatic N) is 2. The molecule has 0 atom stereocenters. The molecule has 0 amide bonds. The summed E-state index contributed by atoms with van der Waals surface area (Å²) in [6.45, 7) is 1.000. The molecule has 1 aromatic heterocycles. The van der Waals surface area contributed by atoms with E-state index in [2.05, 4.69) is 21.4 Å². The second-order valence-electron chi connectivity index (χ2n) is 4.12. The molecule has 17 heavy (non-hydrogen) atoms. The highest BCUT2D eigenvalue weighted by Crippen LogP contribution is 2.34. The summed E-state index contributed by atoms with van der Waals surface area (Å²) in [5.74, 6) is 0. The number of aromatic nitrogens is 2. The molecule has 1 aliphatic rings. The van der Waals surface area contributed by atoms with Crippen LogP contribution in [0.2, 0.25) is 5.02 Å². The van der Waals surface area contributed by atoms with Crippen molar-refractivity contribution in [2.75, 3.05) is 11.9 Å². The van der Waals surface area contributed by atoms with Gasteiger partial charge in [0, 0.05) is 18.3 Å². The number of fused-ring (bicyclic) bond motifs is 1. The number of halogens is 1. The van der Waals surface area contributed by atoms with E-state index in [1.54, 1.807) is 12.5 Å². The van der Waals surface area contributed by atoms with Crippen LogP contribution in [-0.2, 0) is 6.42 Å². The highest BCUT2D eigenvalue weighted by Gasteiger charge is 2.14. The van der Waals surface area contributed by atoms with Crippen molar-refractivity contribution in [2.24, 2.45) is 0 Å². The van der Waals surface area contributed by atoms with Gasteiger partial charge in [0.05, 0.1) is 16.4 Å². The van der Waals surface area contributed by atoms with Gasteiger partial charge in [0.25, 0.3) is 0 Å². The highest BCUT2D eigenvalue weighted by molar-refractivity contribution is 6.33. The van der Waals surface area contributed by atoms with Gasteiger partial charge >= 0.3 is 0 Å². The minimum Gasteiger partial charge on any atom is -0.384 e. The average molecular weight is 246 g/mol. The largest absolute Gasteiger partial charge is 0.384 e. The average Bonchev–Trinajstić information content (AvgIpc) is 2.40. The molecule has 4 heteroatoms. The van der Waals surface area contributed by atoms with Gasteiger partial charge in [0.2, 0.25) is 0 Å². The summed E-state index contributed by atoms with van der Waals surface area (Å²) in [6.07, 6.45) is 5.52. The lowest BCUT2D eigenvalue weighted by molar-refractivity contribution is 0.830. The Kier molecular flexibility index (Phi) is 2.69. The van der Waals surface area contributed by atoms with Gasteiger partial charge in [-0.3, -0.25) is 0 Å². The smallest absolute Gasteiger partial charge is 0.116 e. The van der Waals surface area contributed by atoms with Crippen LogP contribution in [0.5, 0.6) is 0 Å². The Hall–Kier alpha value is -1.61. The molecule has 2 heterocycles. The summed E-state index contributed by atoms with van der Waals surface area (Å²) in [5, 5.41) is 4.12. The summed E-state index contributed by atoms with van der Waals surface area (Å²) in [5.41, 5.74) is 4.32. The molecule has 0 radical (unpaired) electrons. The van der Waals surface area contributed by atoms with Crippen molar-refractivity contribution in [3.63, 3.8) is 0 Å². The van der Waals surface area contributed by atoms with Gasteiger partial charge in [-0.1, -0.05) is 11.6 Å². The first kappa shape index (κ1) is 10.5. The first-order valence-corrected chi connectivity index (χ1v) is 6.05. The molecule has 0 saturated heterocycles. The fourth-order valence-electron chi connectivity index (χ4n) is 2.16. The van der Waals surface area contributed by atoms with Crippen LogP contribution in [0.3, 0.4) is 0 Å². The summed E-state index contributed by atoms with van der Waals surface area (Å²) in [4.78, 5) is 8.17. The number of hydrogen-bond donors (Lipinski definition) is 1. The van der Waals surface area contributed by atoms with Gasteiger partial charge in [0.1, 0.15) is 6.33 Å². The summed E-state index contributed by atoms with van der Waals surface area (Å²) in [6, 6.07) is 6.02. The summed E-state index contributed by atoms with van der Waals surface area (Å²) in [7, 11) is 0. The molecule has 1 N–H and O–H groups in total. The fourth-order valence-corrected chi connectivity index (χ4v) is 2.47. The van der Waals surface area contributed by atoms with E-state index in [0.717, 1.165) is 41.4 Å². The van der Waals surface area contributed by atoms with E-state index in [-0.39, 0.29) is 0 Å². The van der Waals surface area contributed by atoms with E-state index < -0.39 is 0 Å². The molecule has 1 aromatic carbocycles. The van der Waals surface area contributed by atoms with Crippen LogP contribution >= 0.6 is 11.6 Å². The lowest BCUT2D eigenvalue weighted by atomic mass is 9.99. The van der Waals surface area contributed by atoms with Gasteiger partial charge in [-0.15, -0.1) is 0 Å². The van der Waals surface area contributed by atoms with Crippen LogP contribution in [0, 0.1) is 0 Å². The zero-order valence-corrected chi connectivity index (χ0v) is 10.0. The molecule has 3 rings (SSSR count). The Morgan fingerprint density at radius 2 is 2.24 bits per heavy atom. The Labute approximate surface area is 105 Å². The minimum atomic E-state index is 0.774. The predicted octanol–water partition coefficient (Wildman–Crippen LogP) is 3.16. The maximum atomic E-state index is 6.29. The van der Waals surface area contributed by atoms with Crippen LogP contribution in [-0.4, -0.2) is 16.5 Å². The van der Waals surface area contributed by atoms with Crippen molar-refractivity contribution < 1.29 is 0 Å². The van der Waals surface area contributed by atoms with Crippen molar-refractivity contribution in [3.05, 3.63) is 41.3 Å². The van der Waals surface area contributed by atoms with Gasteiger partial charge in [0.15, 0.2) is 0 Å². The first-order chi connectivity index (χ1) is 8.34. The predicted molar refractivity (Wildman–Crippen MR) is 69.3 cm³/mol. The second kappa shape index (κ2) is 4.34. The Bertz CT molecular complexity index is 540. The number of rotatable bonds is 1. The molecular weight excluding hydrogens is 234 g/mol. The third-order valence-electron chi connectivity index (χ3n) is 2.97. The van der Waals surface area contributed by atoms with Gasteiger partial charge in [-0.05, 0) is 36.6 Å². The lowest BCUT2D eigenvalue weighted by Crippen LogP contribution is -2.12. The molecule has 0 bridgehead atoms. The van der Waals surface area contributed by atoms with Crippen LogP contribution in [0.4, 0.5) is 5.69 Å². The van der Waals surface area contributed by atoms with Crippen molar-refractivity contribution in [1.82, 2.24) is 9.97 Å². The lowest BCUT2D eigenvalue weighted by Gasteiger charge is -2.20. The standard InChI is InChI=1S/C13H12ClN3/c14-11-7-10(12-3-5-15-8-17-12)6-9-2-1-4-16-13(9)11/h3,5-8,16H,1-2,4H2. The van der Waals surface area contributed by atoms with Crippen LogP contribution in [0.15, 0.2) is 30.7 Å². The molecule has 0 spiro atoms. The minimum absolute atomic E-state index is 0.774. The number of anilines is 1. The van der Waals surface area contributed by atoms with E-state index in [0.29, 0.717) is 0 Å². The molecule has 3 nitrogen and oxygen atoms in total. The highest BCUT2D eigenvalue weighted by atomic mass is 35.5. The van der Waals surface area contributed by atoms with E-state index in [9.17, 15) is 0 Å². The normalized spacial score (nSPS) is 13.9. The monoisotopic (exact) mass is 245 g/mol. The Morgan fingerprint density at radius 1 is 1.29 bits per heavy atom. The second-order valence-corrected chi connectivity index (χ2v) is 4.52. The number of nitrogens with one attached hydrogen (secondary N) is 1. The van der Waals surface area contributed by atoms with E-state index in [4.69, 9.17) is 11.6 Å². The third-order valence-corrected chi connectivity index (χ3v) is 3.27. The third kappa shape index (κ3) is 1.98. The maximum Gasteiger partial charge on any atom is 0.116 e. The van der Waals surface area contributed by atoms with E-state index >= 15 is 0 Å². The van der Waals surface area contributed by atoms with Crippen molar-refractivity contribution in [1.29, 1.82) is 0 Å². The van der Waals surface area contributed by atoms with Crippen molar-refractivity contribution in [2.45, 2.75) is 12.8 Å². The molecule has 0 aliphatic carbocycles. The zero-order valence-electron chi connectivity index (χ0n) is 9.28. The van der Waals surface area contributed by atoms with Crippen molar-refractivity contribution >= 4 is 17.3 Å². The Balaban J connectivity index is 2.11. The van der Waals surface area contributed by atoms with Crippen LogP contribution in [0.1, 0.15) is 12.0 Å². The number of hydrogen-bond acceptors (Lipinski definition) is 3. The maximum absolute atomic E-state index is 6.29. The van der Waals surface area contributed by atoms with Crippen molar-refractivity contribution in [3.8, 4) is 11.3 Å². The molecule has 0 saturated carbocycles. The fraction of sp³-hybridized carbons (Fsp3) is 0.231. The van der Waals surface area contributed by atoms with Crippen LogP contribution < -0.4 is 5.32 Å². The Morgan fingerprint density at radius 3 is 3.06 bits per heavy atom.